The van der Waals surface area contributed by atoms with Crippen LogP contribution in [0.25, 0.3) is 5.82 Å². The Morgan fingerprint density at radius 1 is 1.03 bits per heavy atom. The van der Waals surface area contributed by atoms with Crippen molar-refractivity contribution in [2.24, 2.45) is 0 Å². The minimum absolute atomic E-state index is 0.314. The number of benzene rings is 2. The number of aromatic nitrogens is 4. The molecular weight excluding hydrogens is 380 g/mol. The van der Waals surface area contributed by atoms with Gasteiger partial charge in [0.2, 0.25) is 5.88 Å². The standard InChI is InChI=1S/C20H13F2N5O2/c21-15-2-1-3-16(22)19(15)20(28)26-13-4-6-14(7-5-13)29-18-10-17(24-11-25-18)27-9-8-23-12-27/h1-12H,(H,26,28). The van der Waals surface area contributed by atoms with Gasteiger partial charge >= 0.3 is 0 Å². The summed E-state index contributed by atoms with van der Waals surface area (Å²) in [6, 6.07) is 11.1. The van der Waals surface area contributed by atoms with Gasteiger partial charge in [0, 0.05) is 24.1 Å². The zero-order valence-corrected chi connectivity index (χ0v) is 14.8. The quantitative estimate of drug-likeness (QED) is 0.555. The van der Waals surface area contributed by atoms with E-state index in [0.717, 1.165) is 12.1 Å². The average Bonchev–Trinajstić information content (AvgIpc) is 3.25. The second kappa shape index (κ2) is 7.85. The molecule has 1 amide bonds. The van der Waals surface area contributed by atoms with Gasteiger partial charge in [0.15, 0.2) is 0 Å². The largest absolute Gasteiger partial charge is 0.439 e. The number of amides is 1. The van der Waals surface area contributed by atoms with Crippen LogP contribution in [0.2, 0.25) is 0 Å². The number of rotatable bonds is 5. The smallest absolute Gasteiger partial charge is 0.261 e. The van der Waals surface area contributed by atoms with E-state index in [1.807, 2.05) is 0 Å². The van der Waals surface area contributed by atoms with Crippen LogP contribution in [0.15, 0.2) is 73.6 Å². The second-order valence-corrected chi connectivity index (χ2v) is 5.86. The van der Waals surface area contributed by atoms with Crippen LogP contribution < -0.4 is 10.1 Å². The lowest BCUT2D eigenvalue weighted by molar-refractivity contribution is 0.101. The average molecular weight is 393 g/mol. The highest BCUT2D eigenvalue weighted by molar-refractivity contribution is 6.04. The first-order chi connectivity index (χ1) is 14.1. The number of nitrogens with zero attached hydrogens (tertiary/aromatic N) is 4. The van der Waals surface area contributed by atoms with E-state index in [1.165, 1.54) is 12.4 Å². The number of hydrogen-bond donors (Lipinski definition) is 1. The summed E-state index contributed by atoms with van der Waals surface area (Å²) >= 11 is 0. The van der Waals surface area contributed by atoms with Crippen LogP contribution in [0.3, 0.4) is 0 Å². The number of imidazole rings is 1. The number of halogens is 2. The lowest BCUT2D eigenvalue weighted by atomic mass is 10.2. The second-order valence-electron chi connectivity index (χ2n) is 5.86. The van der Waals surface area contributed by atoms with Crippen molar-refractivity contribution in [3.63, 3.8) is 0 Å². The Morgan fingerprint density at radius 3 is 2.48 bits per heavy atom. The van der Waals surface area contributed by atoms with Crippen LogP contribution in [0.1, 0.15) is 10.4 Å². The molecule has 29 heavy (non-hydrogen) atoms. The molecule has 4 aromatic rings. The number of anilines is 1. The van der Waals surface area contributed by atoms with Crippen molar-refractivity contribution < 1.29 is 18.3 Å². The van der Waals surface area contributed by atoms with E-state index in [1.54, 1.807) is 53.6 Å². The van der Waals surface area contributed by atoms with E-state index in [4.69, 9.17) is 4.74 Å². The van der Waals surface area contributed by atoms with Crippen LogP contribution in [0, 0.1) is 11.6 Å². The monoisotopic (exact) mass is 393 g/mol. The Balaban J connectivity index is 1.46. The fourth-order valence-electron chi connectivity index (χ4n) is 2.56. The molecule has 2 aromatic carbocycles. The molecule has 0 fully saturated rings. The van der Waals surface area contributed by atoms with Gasteiger partial charge in [-0.2, -0.15) is 0 Å². The van der Waals surface area contributed by atoms with Crippen molar-refractivity contribution in [3.8, 4) is 17.4 Å². The Hall–Kier alpha value is -4.14. The topological polar surface area (TPSA) is 81.9 Å². The van der Waals surface area contributed by atoms with E-state index in [2.05, 4.69) is 20.3 Å². The molecule has 0 saturated heterocycles. The van der Waals surface area contributed by atoms with E-state index in [9.17, 15) is 13.6 Å². The molecule has 0 saturated carbocycles. The van der Waals surface area contributed by atoms with Crippen LogP contribution in [0.4, 0.5) is 14.5 Å². The van der Waals surface area contributed by atoms with Crippen molar-refractivity contribution >= 4 is 11.6 Å². The van der Waals surface area contributed by atoms with Gasteiger partial charge in [0.05, 0.1) is 0 Å². The molecule has 0 atom stereocenters. The molecular formula is C20H13F2N5O2. The first kappa shape index (κ1) is 18.2. The molecule has 0 aliphatic carbocycles. The third-order valence-electron chi connectivity index (χ3n) is 3.92. The highest BCUT2D eigenvalue weighted by atomic mass is 19.1. The van der Waals surface area contributed by atoms with E-state index < -0.39 is 23.1 Å². The Morgan fingerprint density at radius 2 is 1.79 bits per heavy atom. The zero-order chi connectivity index (χ0) is 20.2. The highest BCUT2D eigenvalue weighted by Gasteiger charge is 2.17. The molecule has 4 rings (SSSR count). The summed E-state index contributed by atoms with van der Waals surface area (Å²) in [6.07, 6.45) is 6.33. The maximum Gasteiger partial charge on any atom is 0.261 e. The Bertz CT molecular complexity index is 1130. The van der Waals surface area contributed by atoms with Crippen molar-refractivity contribution in [2.45, 2.75) is 0 Å². The number of ether oxygens (including phenoxy) is 1. The van der Waals surface area contributed by atoms with Crippen molar-refractivity contribution in [2.75, 3.05) is 5.32 Å². The van der Waals surface area contributed by atoms with Gasteiger partial charge in [-0.05, 0) is 36.4 Å². The summed E-state index contributed by atoms with van der Waals surface area (Å²) < 4.78 is 34.8. The van der Waals surface area contributed by atoms with Crippen molar-refractivity contribution in [3.05, 3.63) is 90.8 Å². The summed E-state index contributed by atoms with van der Waals surface area (Å²) in [7, 11) is 0. The molecule has 0 bridgehead atoms. The minimum atomic E-state index is -0.931. The van der Waals surface area contributed by atoms with Crippen molar-refractivity contribution in [1.82, 2.24) is 19.5 Å². The zero-order valence-electron chi connectivity index (χ0n) is 14.8. The van der Waals surface area contributed by atoms with Gasteiger partial charge in [0.25, 0.3) is 5.91 Å². The molecule has 1 N–H and O–H groups in total. The van der Waals surface area contributed by atoms with Gasteiger partial charge in [-0.25, -0.2) is 23.7 Å². The number of carbonyl (C=O) groups is 1. The lowest BCUT2D eigenvalue weighted by Gasteiger charge is -2.09. The summed E-state index contributed by atoms with van der Waals surface area (Å²) in [5, 5.41) is 2.45. The van der Waals surface area contributed by atoms with Crippen LogP contribution in [-0.4, -0.2) is 25.4 Å². The normalized spacial score (nSPS) is 10.6. The predicted molar refractivity (Wildman–Crippen MR) is 100.0 cm³/mol. The van der Waals surface area contributed by atoms with E-state index in [-0.39, 0.29) is 0 Å². The molecule has 0 aliphatic rings. The predicted octanol–water partition coefficient (Wildman–Crippen LogP) is 3.99. The van der Waals surface area contributed by atoms with Gasteiger partial charge in [0.1, 0.15) is 41.4 Å². The molecule has 7 nitrogen and oxygen atoms in total. The fourth-order valence-corrected chi connectivity index (χ4v) is 2.56. The third-order valence-corrected chi connectivity index (χ3v) is 3.92. The summed E-state index contributed by atoms with van der Waals surface area (Å²) in [4.78, 5) is 24.3. The first-order valence-corrected chi connectivity index (χ1v) is 8.44. The fraction of sp³-hybridized carbons (Fsp3) is 0. The number of hydrogen-bond acceptors (Lipinski definition) is 5. The molecule has 2 aromatic heterocycles. The molecule has 2 heterocycles. The molecule has 0 spiro atoms. The Kier molecular flexibility index (Phi) is 4.93. The van der Waals surface area contributed by atoms with Gasteiger partial charge in [-0.15, -0.1) is 0 Å². The van der Waals surface area contributed by atoms with Crippen LogP contribution >= 0.6 is 0 Å². The summed E-state index contributed by atoms with van der Waals surface area (Å²) in [5.74, 6) is -1.39. The Labute approximate surface area is 163 Å². The summed E-state index contributed by atoms with van der Waals surface area (Å²) in [6.45, 7) is 0. The van der Waals surface area contributed by atoms with Gasteiger partial charge in [-0.3, -0.25) is 9.36 Å². The molecule has 0 radical (unpaired) electrons. The maximum atomic E-state index is 13.7. The highest BCUT2D eigenvalue weighted by Crippen LogP contribution is 2.23. The first-order valence-electron chi connectivity index (χ1n) is 8.44. The number of nitrogens with one attached hydrogen (secondary N) is 1. The molecule has 0 unspecified atom stereocenters. The van der Waals surface area contributed by atoms with Gasteiger partial charge in [-0.1, -0.05) is 6.07 Å². The van der Waals surface area contributed by atoms with Crippen LogP contribution in [-0.2, 0) is 0 Å². The van der Waals surface area contributed by atoms with Gasteiger partial charge < -0.3 is 10.1 Å². The SMILES string of the molecule is O=C(Nc1ccc(Oc2cc(-n3ccnc3)ncn2)cc1)c1c(F)cccc1F. The lowest BCUT2D eigenvalue weighted by Crippen LogP contribution is -2.15. The van der Waals surface area contributed by atoms with E-state index >= 15 is 0 Å². The maximum absolute atomic E-state index is 13.7. The van der Waals surface area contributed by atoms with E-state index in [0.29, 0.717) is 23.1 Å². The van der Waals surface area contributed by atoms with Crippen LogP contribution in [0.5, 0.6) is 11.6 Å². The molecule has 0 aliphatic heterocycles. The molecule has 9 heteroatoms. The third kappa shape index (κ3) is 4.08. The number of carbonyl (C=O) groups excluding carboxylic acids is 1. The summed E-state index contributed by atoms with van der Waals surface area (Å²) in [5.41, 5.74) is -0.285. The molecule has 144 valence electrons. The van der Waals surface area contributed by atoms with Crippen molar-refractivity contribution in [1.29, 1.82) is 0 Å². The minimum Gasteiger partial charge on any atom is -0.439 e.